The molecule has 0 aliphatic carbocycles. The maximum atomic E-state index is 5.64. The zero-order valence-corrected chi connectivity index (χ0v) is 8.39. The molecule has 2 aromatic heterocycles. The van der Waals surface area contributed by atoms with Crippen molar-refractivity contribution in [2.75, 3.05) is 5.73 Å². The fraction of sp³-hybridized carbons (Fsp3) is 0.500. The lowest BCUT2D eigenvalue weighted by Crippen LogP contribution is -2.06. The maximum Gasteiger partial charge on any atom is 0.206 e. The molecule has 0 spiro atoms. The second-order valence-electron chi connectivity index (χ2n) is 3.50. The zero-order chi connectivity index (χ0) is 10.3. The highest BCUT2D eigenvalue weighted by Crippen LogP contribution is 2.16. The Hall–Kier alpha value is -1.72. The second kappa shape index (κ2) is 2.90. The van der Waals surface area contributed by atoms with Gasteiger partial charge in [0.25, 0.3) is 0 Å². The molecule has 74 valence electrons. The first-order valence-electron chi connectivity index (χ1n) is 4.45. The number of nitrogens with two attached hydrogens (primary N) is 1. The van der Waals surface area contributed by atoms with Crippen molar-refractivity contribution in [3.63, 3.8) is 0 Å². The highest BCUT2D eigenvalue weighted by Gasteiger charge is 2.14. The monoisotopic (exact) mass is 192 g/mol. The van der Waals surface area contributed by atoms with Crippen molar-refractivity contribution in [3.8, 4) is 0 Å². The highest BCUT2D eigenvalue weighted by atomic mass is 15.3. The molecule has 0 radical (unpaired) electrons. The van der Waals surface area contributed by atoms with Gasteiger partial charge in [0.1, 0.15) is 11.6 Å². The number of nitrogen functional groups attached to an aromatic ring is 1. The molecule has 2 heterocycles. The van der Waals surface area contributed by atoms with E-state index < -0.39 is 0 Å². The molecule has 0 saturated heterocycles. The first kappa shape index (κ1) is 8.86. The number of hydrogen-bond acceptors (Lipinski definition) is 5. The first-order valence-corrected chi connectivity index (χ1v) is 4.45. The van der Waals surface area contributed by atoms with Gasteiger partial charge in [-0.05, 0) is 6.92 Å². The van der Waals surface area contributed by atoms with Gasteiger partial charge in [-0.3, -0.25) is 4.40 Å². The van der Waals surface area contributed by atoms with Gasteiger partial charge in [0.15, 0.2) is 5.82 Å². The van der Waals surface area contributed by atoms with Gasteiger partial charge in [-0.2, -0.15) is 0 Å². The molecule has 2 aromatic rings. The zero-order valence-electron chi connectivity index (χ0n) is 8.39. The third-order valence-electron chi connectivity index (χ3n) is 2.06. The van der Waals surface area contributed by atoms with E-state index in [1.807, 2.05) is 25.2 Å². The van der Waals surface area contributed by atoms with E-state index >= 15 is 0 Å². The van der Waals surface area contributed by atoms with Crippen LogP contribution in [-0.2, 0) is 0 Å². The molecule has 0 aliphatic heterocycles. The van der Waals surface area contributed by atoms with Crippen LogP contribution in [0.25, 0.3) is 5.65 Å². The molecular formula is C8H12N6. The van der Waals surface area contributed by atoms with Gasteiger partial charge in [-0.15, -0.1) is 20.4 Å². The van der Waals surface area contributed by atoms with Gasteiger partial charge in [0, 0.05) is 5.92 Å². The molecule has 2 rings (SSSR count). The molecule has 6 nitrogen and oxygen atoms in total. The van der Waals surface area contributed by atoms with Gasteiger partial charge >= 0.3 is 0 Å². The Balaban J connectivity index is 2.84. The Morgan fingerprint density at radius 1 is 1.14 bits per heavy atom. The highest BCUT2D eigenvalue weighted by molar-refractivity contribution is 5.58. The molecule has 0 fully saturated rings. The number of hydrogen-bond donors (Lipinski definition) is 1. The molecule has 0 bridgehead atoms. The van der Waals surface area contributed by atoms with Crippen LogP contribution in [-0.4, -0.2) is 24.8 Å². The summed E-state index contributed by atoms with van der Waals surface area (Å²) in [4.78, 5) is 0. The average Bonchev–Trinajstić information content (AvgIpc) is 2.56. The molecule has 0 amide bonds. The Labute approximate surface area is 81.2 Å². The summed E-state index contributed by atoms with van der Waals surface area (Å²) in [6.07, 6.45) is 0. The first-order chi connectivity index (χ1) is 6.61. The molecular weight excluding hydrogens is 180 g/mol. The summed E-state index contributed by atoms with van der Waals surface area (Å²) in [7, 11) is 0. The Morgan fingerprint density at radius 3 is 2.50 bits per heavy atom. The Morgan fingerprint density at radius 2 is 1.86 bits per heavy atom. The van der Waals surface area contributed by atoms with Crippen LogP contribution in [0.5, 0.6) is 0 Å². The van der Waals surface area contributed by atoms with E-state index in [1.54, 1.807) is 0 Å². The van der Waals surface area contributed by atoms with Gasteiger partial charge in [-0.1, -0.05) is 13.8 Å². The lowest BCUT2D eigenvalue weighted by molar-refractivity contribution is 0.735. The van der Waals surface area contributed by atoms with Crippen LogP contribution in [0, 0.1) is 6.92 Å². The van der Waals surface area contributed by atoms with Crippen LogP contribution in [0.1, 0.15) is 31.4 Å². The summed E-state index contributed by atoms with van der Waals surface area (Å²) in [6.45, 7) is 5.95. The number of aryl methyl sites for hydroxylation is 1. The van der Waals surface area contributed by atoms with Gasteiger partial charge in [-0.25, -0.2) is 0 Å². The minimum absolute atomic E-state index is 0.285. The van der Waals surface area contributed by atoms with Crippen LogP contribution in [0.4, 0.5) is 5.82 Å². The summed E-state index contributed by atoms with van der Waals surface area (Å²) in [5, 5.41) is 15.8. The molecule has 0 atom stereocenters. The van der Waals surface area contributed by atoms with Gasteiger partial charge < -0.3 is 5.73 Å². The number of anilines is 1. The normalized spacial score (nSPS) is 11.4. The SMILES string of the molecule is Cc1nnc(N)c2nnc(C(C)C)n12. The van der Waals surface area contributed by atoms with E-state index in [-0.39, 0.29) is 5.92 Å². The second-order valence-corrected chi connectivity index (χ2v) is 3.50. The molecule has 0 unspecified atom stereocenters. The van der Waals surface area contributed by atoms with Crippen LogP contribution in [0.2, 0.25) is 0 Å². The number of fused-ring (bicyclic) bond motifs is 1. The topological polar surface area (TPSA) is 82.0 Å². The van der Waals surface area contributed by atoms with Crippen LogP contribution >= 0.6 is 0 Å². The van der Waals surface area contributed by atoms with Crippen LogP contribution in [0.15, 0.2) is 0 Å². The number of rotatable bonds is 1. The van der Waals surface area contributed by atoms with E-state index in [9.17, 15) is 0 Å². The minimum Gasteiger partial charge on any atom is -0.379 e. The summed E-state index contributed by atoms with van der Waals surface area (Å²) in [6, 6.07) is 0. The fourth-order valence-corrected chi connectivity index (χ4v) is 1.37. The standard InChI is InChI=1S/C8H12N6/c1-4(2)7-12-13-8-6(9)11-10-5(3)14(7)8/h4H,1-3H3,(H2,9,11). The Kier molecular flexibility index (Phi) is 1.83. The smallest absolute Gasteiger partial charge is 0.206 e. The van der Waals surface area contributed by atoms with E-state index in [4.69, 9.17) is 5.73 Å². The van der Waals surface area contributed by atoms with E-state index in [2.05, 4.69) is 20.4 Å². The summed E-state index contributed by atoms with van der Waals surface area (Å²) < 4.78 is 1.84. The molecule has 0 aliphatic rings. The van der Waals surface area contributed by atoms with E-state index in [0.29, 0.717) is 11.5 Å². The summed E-state index contributed by atoms with van der Waals surface area (Å²) in [5.41, 5.74) is 6.23. The lowest BCUT2D eigenvalue weighted by atomic mass is 10.2. The molecule has 0 aromatic carbocycles. The molecule has 6 heteroatoms. The van der Waals surface area contributed by atoms with Crippen LogP contribution < -0.4 is 5.73 Å². The summed E-state index contributed by atoms with van der Waals surface area (Å²) in [5.74, 6) is 2.21. The maximum absolute atomic E-state index is 5.64. The molecule has 14 heavy (non-hydrogen) atoms. The van der Waals surface area contributed by atoms with Crippen molar-refractivity contribution in [1.29, 1.82) is 0 Å². The van der Waals surface area contributed by atoms with E-state index in [0.717, 1.165) is 11.6 Å². The third kappa shape index (κ3) is 1.11. The predicted molar refractivity (Wildman–Crippen MR) is 51.8 cm³/mol. The average molecular weight is 192 g/mol. The van der Waals surface area contributed by atoms with Crippen molar-refractivity contribution >= 4 is 11.5 Å². The Bertz CT molecular complexity index is 472. The summed E-state index contributed by atoms with van der Waals surface area (Å²) >= 11 is 0. The minimum atomic E-state index is 0.285. The van der Waals surface area contributed by atoms with Crippen molar-refractivity contribution < 1.29 is 0 Å². The third-order valence-corrected chi connectivity index (χ3v) is 2.06. The number of aromatic nitrogens is 5. The van der Waals surface area contributed by atoms with Crippen LogP contribution in [0.3, 0.4) is 0 Å². The van der Waals surface area contributed by atoms with Crippen molar-refractivity contribution in [3.05, 3.63) is 11.6 Å². The van der Waals surface area contributed by atoms with Crippen molar-refractivity contribution in [1.82, 2.24) is 24.8 Å². The fourth-order valence-electron chi connectivity index (χ4n) is 1.37. The van der Waals surface area contributed by atoms with Crippen molar-refractivity contribution in [2.45, 2.75) is 26.7 Å². The van der Waals surface area contributed by atoms with Gasteiger partial charge in [0.05, 0.1) is 0 Å². The number of nitrogens with zero attached hydrogens (tertiary/aromatic N) is 5. The predicted octanol–water partition coefficient (Wildman–Crippen LogP) is 0.533. The van der Waals surface area contributed by atoms with Gasteiger partial charge in [0.2, 0.25) is 5.65 Å². The molecule has 0 saturated carbocycles. The largest absolute Gasteiger partial charge is 0.379 e. The quantitative estimate of drug-likeness (QED) is 0.712. The lowest BCUT2D eigenvalue weighted by Gasteiger charge is -2.04. The van der Waals surface area contributed by atoms with E-state index in [1.165, 1.54) is 0 Å². The van der Waals surface area contributed by atoms with Crippen molar-refractivity contribution in [2.24, 2.45) is 0 Å². The molecule has 2 N–H and O–H groups in total.